The van der Waals surface area contributed by atoms with E-state index in [1.165, 1.54) is 11.8 Å². The van der Waals surface area contributed by atoms with Gasteiger partial charge in [-0.3, -0.25) is 4.79 Å². The maximum atomic E-state index is 12.5. The third-order valence-corrected chi connectivity index (χ3v) is 3.95. The second-order valence-corrected chi connectivity index (χ2v) is 5.82. The van der Waals surface area contributed by atoms with E-state index in [1.54, 1.807) is 24.3 Å². The van der Waals surface area contributed by atoms with Crippen molar-refractivity contribution in [2.75, 3.05) is 17.7 Å². The van der Waals surface area contributed by atoms with Crippen molar-refractivity contribution in [1.29, 1.82) is 5.26 Å². The smallest absolute Gasteiger partial charge is 0.416 e. The molecule has 0 aromatic heterocycles. The van der Waals surface area contributed by atoms with E-state index in [0.29, 0.717) is 5.69 Å². The lowest BCUT2D eigenvalue weighted by Gasteiger charge is -2.11. The summed E-state index contributed by atoms with van der Waals surface area (Å²) in [6.07, 6.45) is -4.42. The minimum Gasteiger partial charge on any atom is -0.484 e. The largest absolute Gasteiger partial charge is 0.484 e. The molecule has 25 heavy (non-hydrogen) atoms. The molecule has 0 spiro atoms. The van der Waals surface area contributed by atoms with Crippen molar-refractivity contribution in [2.24, 2.45) is 0 Å². The van der Waals surface area contributed by atoms with E-state index >= 15 is 0 Å². The van der Waals surface area contributed by atoms with Crippen LogP contribution in [0.2, 0.25) is 0 Å². The molecular weight excluding hydrogens is 353 g/mol. The Balaban J connectivity index is 1.92. The number of carbonyl (C=O) groups excluding carboxylic acids is 1. The van der Waals surface area contributed by atoms with Crippen LogP contribution in [0.5, 0.6) is 5.75 Å². The molecule has 0 fully saturated rings. The van der Waals surface area contributed by atoms with Gasteiger partial charge in [-0.25, -0.2) is 0 Å². The Morgan fingerprint density at radius 2 is 1.84 bits per heavy atom. The average molecular weight is 366 g/mol. The Bertz CT molecular complexity index is 771. The van der Waals surface area contributed by atoms with Gasteiger partial charge in [0.2, 0.25) is 0 Å². The van der Waals surface area contributed by atoms with E-state index in [1.807, 2.05) is 6.07 Å². The SMILES string of the molecule is N#CCSc1ccccc1NC(=O)COc1ccc(C(F)(F)F)cc1. The van der Waals surface area contributed by atoms with Gasteiger partial charge in [-0.15, -0.1) is 11.8 Å². The molecule has 0 saturated carbocycles. The zero-order valence-electron chi connectivity index (χ0n) is 12.8. The Morgan fingerprint density at radius 3 is 2.48 bits per heavy atom. The van der Waals surface area contributed by atoms with Gasteiger partial charge in [0.05, 0.1) is 23.1 Å². The third kappa shape index (κ3) is 5.72. The number of thioether (sulfide) groups is 1. The molecule has 4 nitrogen and oxygen atoms in total. The molecule has 0 bridgehead atoms. The van der Waals surface area contributed by atoms with Crippen LogP contribution in [0.15, 0.2) is 53.4 Å². The molecule has 1 N–H and O–H groups in total. The number of anilines is 1. The second-order valence-electron chi connectivity index (χ2n) is 4.80. The molecule has 0 unspecified atom stereocenters. The summed E-state index contributed by atoms with van der Waals surface area (Å²) < 4.78 is 42.6. The maximum absolute atomic E-state index is 12.5. The van der Waals surface area contributed by atoms with Gasteiger partial charge in [-0.1, -0.05) is 12.1 Å². The normalized spacial score (nSPS) is 10.8. The molecule has 0 aliphatic carbocycles. The number of rotatable bonds is 6. The Morgan fingerprint density at radius 1 is 1.16 bits per heavy atom. The first-order chi connectivity index (χ1) is 11.9. The number of amides is 1. The number of hydrogen-bond acceptors (Lipinski definition) is 4. The van der Waals surface area contributed by atoms with Crippen molar-refractivity contribution in [3.63, 3.8) is 0 Å². The number of nitrogens with one attached hydrogen (secondary N) is 1. The highest BCUT2D eigenvalue weighted by Crippen LogP contribution is 2.30. The maximum Gasteiger partial charge on any atom is 0.416 e. The van der Waals surface area contributed by atoms with E-state index in [0.717, 1.165) is 29.2 Å². The quantitative estimate of drug-likeness (QED) is 0.773. The molecule has 2 aromatic rings. The highest BCUT2D eigenvalue weighted by Gasteiger charge is 2.30. The highest BCUT2D eigenvalue weighted by atomic mass is 32.2. The number of para-hydroxylation sites is 1. The highest BCUT2D eigenvalue weighted by molar-refractivity contribution is 7.99. The minimum absolute atomic E-state index is 0.162. The lowest BCUT2D eigenvalue weighted by molar-refractivity contribution is -0.137. The molecule has 2 aromatic carbocycles. The van der Waals surface area contributed by atoms with Crippen LogP contribution in [-0.4, -0.2) is 18.3 Å². The van der Waals surface area contributed by atoms with Gasteiger partial charge in [0.25, 0.3) is 5.91 Å². The summed E-state index contributed by atoms with van der Waals surface area (Å²) in [4.78, 5) is 12.7. The van der Waals surface area contributed by atoms with Crippen molar-refractivity contribution in [3.05, 3.63) is 54.1 Å². The lowest BCUT2D eigenvalue weighted by Crippen LogP contribution is -2.20. The zero-order chi connectivity index (χ0) is 18.3. The van der Waals surface area contributed by atoms with E-state index in [2.05, 4.69) is 5.32 Å². The van der Waals surface area contributed by atoms with Crippen LogP contribution in [0.4, 0.5) is 18.9 Å². The van der Waals surface area contributed by atoms with Gasteiger partial charge in [-0.05, 0) is 36.4 Å². The molecule has 0 atom stereocenters. The number of halogens is 3. The van der Waals surface area contributed by atoms with Crippen LogP contribution in [0, 0.1) is 11.3 Å². The Labute approximate surface area is 146 Å². The lowest BCUT2D eigenvalue weighted by atomic mass is 10.2. The fourth-order valence-corrected chi connectivity index (χ4v) is 2.55. The first kappa shape index (κ1) is 18.7. The predicted molar refractivity (Wildman–Crippen MR) is 88.3 cm³/mol. The van der Waals surface area contributed by atoms with Gasteiger partial charge < -0.3 is 10.1 Å². The number of ether oxygens (including phenoxy) is 1. The fraction of sp³-hybridized carbons (Fsp3) is 0.176. The van der Waals surface area contributed by atoms with Crippen molar-refractivity contribution in [3.8, 4) is 11.8 Å². The summed E-state index contributed by atoms with van der Waals surface area (Å²) in [5, 5.41) is 11.3. The summed E-state index contributed by atoms with van der Waals surface area (Å²) in [5.74, 6) is -0.0465. The molecule has 2 rings (SSSR count). The van der Waals surface area contributed by atoms with E-state index in [4.69, 9.17) is 10.00 Å². The number of nitrogens with zero attached hydrogens (tertiary/aromatic N) is 1. The molecular formula is C17H13F3N2O2S. The van der Waals surface area contributed by atoms with Crippen LogP contribution in [0.3, 0.4) is 0 Å². The van der Waals surface area contributed by atoms with Gasteiger partial charge in [0, 0.05) is 4.90 Å². The molecule has 0 radical (unpaired) electrons. The van der Waals surface area contributed by atoms with Crippen LogP contribution in [-0.2, 0) is 11.0 Å². The van der Waals surface area contributed by atoms with Crippen LogP contribution in [0.1, 0.15) is 5.56 Å². The molecule has 0 aliphatic rings. The number of hydrogen-bond donors (Lipinski definition) is 1. The van der Waals surface area contributed by atoms with E-state index < -0.39 is 17.6 Å². The van der Waals surface area contributed by atoms with Crippen molar-refractivity contribution < 1.29 is 22.7 Å². The first-order valence-electron chi connectivity index (χ1n) is 7.09. The summed E-state index contributed by atoms with van der Waals surface area (Å²) in [5.41, 5.74) is -0.239. The van der Waals surface area contributed by atoms with Crippen LogP contribution < -0.4 is 10.1 Å². The zero-order valence-corrected chi connectivity index (χ0v) is 13.7. The standard InChI is InChI=1S/C17H13F3N2O2S/c18-17(19,20)12-5-7-13(8-6-12)24-11-16(23)22-14-3-1-2-4-15(14)25-10-9-21/h1-8H,10-11H2,(H,22,23). The van der Waals surface area contributed by atoms with Crippen molar-refractivity contribution in [1.82, 2.24) is 0 Å². The number of carbonyl (C=O) groups is 1. The average Bonchev–Trinajstić information content (AvgIpc) is 2.59. The molecule has 0 aliphatic heterocycles. The number of alkyl halides is 3. The van der Waals surface area contributed by atoms with E-state index in [9.17, 15) is 18.0 Å². The van der Waals surface area contributed by atoms with Crippen molar-refractivity contribution in [2.45, 2.75) is 11.1 Å². The van der Waals surface area contributed by atoms with Crippen molar-refractivity contribution >= 4 is 23.4 Å². The molecule has 130 valence electrons. The predicted octanol–water partition coefficient (Wildman–Crippen LogP) is 4.34. The number of benzene rings is 2. The van der Waals surface area contributed by atoms with Gasteiger partial charge in [0.15, 0.2) is 6.61 Å². The van der Waals surface area contributed by atoms with Gasteiger partial charge in [-0.2, -0.15) is 18.4 Å². The van der Waals surface area contributed by atoms with Gasteiger partial charge >= 0.3 is 6.18 Å². The van der Waals surface area contributed by atoms with Crippen LogP contribution >= 0.6 is 11.8 Å². The Hall–Kier alpha value is -2.66. The topological polar surface area (TPSA) is 62.1 Å². The molecule has 8 heteroatoms. The minimum atomic E-state index is -4.42. The molecule has 0 saturated heterocycles. The third-order valence-electron chi connectivity index (χ3n) is 3.00. The van der Waals surface area contributed by atoms with E-state index in [-0.39, 0.29) is 18.1 Å². The molecule has 1 amide bonds. The number of nitriles is 1. The fourth-order valence-electron chi connectivity index (χ4n) is 1.88. The summed E-state index contributed by atoms with van der Waals surface area (Å²) in [7, 11) is 0. The second kappa shape index (κ2) is 8.44. The van der Waals surface area contributed by atoms with Gasteiger partial charge in [0.1, 0.15) is 5.75 Å². The van der Waals surface area contributed by atoms with Crippen LogP contribution in [0.25, 0.3) is 0 Å². The summed E-state index contributed by atoms with van der Waals surface area (Å²) in [6.45, 7) is -0.345. The summed E-state index contributed by atoms with van der Waals surface area (Å²) >= 11 is 1.28. The molecule has 0 heterocycles. The first-order valence-corrected chi connectivity index (χ1v) is 8.07. The summed E-state index contributed by atoms with van der Waals surface area (Å²) in [6, 6.07) is 13.1. The monoisotopic (exact) mass is 366 g/mol. The Kier molecular flexibility index (Phi) is 6.31.